The number of nitrogens with one attached hydrogen (secondary N) is 3. The number of hydrogen-bond donors (Lipinski definition) is 5. The van der Waals surface area contributed by atoms with Crippen LogP contribution in [0, 0.1) is 0 Å². The van der Waals surface area contributed by atoms with Crippen molar-refractivity contribution in [3.8, 4) is 11.5 Å². The Morgan fingerprint density at radius 2 is 1.02 bits per heavy atom. The average Bonchev–Trinajstić information content (AvgIpc) is 3.02. The second kappa shape index (κ2) is 20.3. The lowest BCUT2D eigenvalue weighted by Crippen LogP contribution is -2.29. The average molecular weight is 820 g/mol. The number of carbonyl (C=O) groups is 3. The summed E-state index contributed by atoms with van der Waals surface area (Å²) < 4.78 is 11.4. The Hall–Kier alpha value is -3.77. The molecular weight excluding hydrogens is 787 g/mol. The maximum Gasteiger partial charge on any atom is 0.322 e. The molecule has 0 fully saturated rings. The molecule has 0 atom stereocenters. The van der Waals surface area contributed by atoms with Crippen molar-refractivity contribution in [1.29, 1.82) is 0 Å². The van der Waals surface area contributed by atoms with E-state index in [1.165, 1.54) is 12.1 Å². The minimum atomic E-state index is -1.15. The molecule has 0 heterocycles. The summed E-state index contributed by atoms with van der Waals surface area (Å²) in [6.07, 6.45) is -0.153. The Labute approximate surface area is 324 Å². The van der Waals surface area contributed by atoms with Gasteiger partial charge in [0.1, 0.15) is 19.8 Å². The number of amides is 1. The molecule has 0 aliphatic heterocycles. The monoisotopic (exact) mass is 817 g/mol. The van der Waals surface area contributed by atoms with Crippen LogP contribution in [0.4, 0.5) is 11.4 Å². The zero-order chi connectivity index (χ0) is 37.7. The Balaban J connectivity index is 0.000000277. The first-order valence-corrected chi connectivity index (χ1v) is 17.5. The second-order valence-corrected chi connectivity index (χ2v) is 13.1. The third-order valence-corrected chi connectivity index (χ3v) is 8.08. The fourth-order valence-electron chi connectivity index (χ4n) is 4.50. The summed E-state index contributed by atoms with van der Waals surface area (Å²) in [4.78, 5) is 33.2. The smallest absolute Gasteiger partial charge is 0.322 e. The molecule has 272 valence electrons. The van der Waals surface area contributed by atoms with Gasteiger partial charge in [0.15, 0.2) is 11.5 Å². The van der Waals surface area contributed by atoms with Gasteiger partial charge in [0, 0.05) is 40.1 Å². The van der Waals surface area contributed by atoms with Crippen LogP contribution in [0.2, 0.25) is 30.1 Å². The maximum atomic E-state index is 11.9. The lowest BCUT2D eigenvalue weighted by Gasteiger charge is -2.13. The number of carboxylic acid groups (broad SMARTS) is 2. The number of carboxylic acids is 2. The molecule has 0 saturated heterocycles. The SMILES string of the molecule is CCNc1cc(Cl)cc(COc2c(Cl)cc(C(=O)NCC(=O)O)cc2Cl)c1.CCNc1cc(Cl)cc(COc2c(Cl)cc(CC(=O)O)cc2Cl)c1. The number of hydrogen-bond acceptors (Lipinski definition) is 7. The van der Waals surface area contributed by atoms with Gasteiger partial charge in [0.25, 0.3) is 5.91 Å². The summed E-state index contributed by atoms with van der Waals surface area (Å²) in [7, 11) is 0. The zero-order valence-electron chi connectivity index (χ0n) is 27.2. The van der Waals surface area contributed by atoms with Gasteiger partial charge in [-0.3, -0.25) is 14.4 Å². The van der Waals surface area contributed by atoms with Crippen LogP contribution in [0.3, 0.4) is 0 Å². The molecule has 0 aliphatic rings. The summed E-state index contributed by atoms with van der Waals surface area (Å²) >= 11 is 36.9. The second-order valence-electron chi connectivity index (χ2n) is 10.6. The Kier molecular flexibility index (Phi) is 16.6. The highest BCUT2D eigenvalue weighted by atomic mass is 35.5. The molecule has 0 spiro atoms. The highest BCUT2D eigenvalue weighted by molar-refractivity contribution is 6.38. The van der Waals surface area contributed by atoms with Crippen molar-refractivity contribution in [3.63, 3.8) is 0 Å². The van der Waals surface area contributed by atoms with E-state index in [-0.39, 0.29) is 51.0 Å². The highest BCUT2D eigenvalue weighted by Gasteiger charge is 2.16. The number of halogens is 6. The van der Waals surface area contributed by atoms with Gasteiger partial charge in [0.05, 0.1) is 26.5 Å². The highest BCUT2D eigenvalue weighted by Crippen LogP contribution is 2.36. The Morgan fingerprint density at radius 1 is 0.588 bits per heavy atom. The molecule has 1 amide bonds. The van der Waals surface area contributed by atoms with Gasteiger partial charge in [-0.1, -0.05) is 69.6 Å². The van der Waals surface area contributed by atoms with Gasteiger partial charge < -0.3 is 35.6 Å². The molecule has 4 aromatic carbocycles. The molecule has 10 nitrogen and oxygen atoms in total. The molecule has 0 bridgehead atoms. The van der Waals surface area contributed by atoms with Crippen LogP contribution < -0.4 is 25.4 Å². The van der Waals surface area contributed by atoms with E-state index in [4.69, 9.17) is 89.3 Å². The van der Waals surface area contributed by atoms with Gasteiger partial charge in [0.2, 0.25) is 0 Å². The predicted molar refractivity (Wildman–Crippen MR) is 204 cm³/mol. The van der Waals surface area contributed by atoms with Crippen molar-refractivity contribution >= 4 is 98.8 Å². The van der Waals surface area contributed by atoms with Crippen molar-refractivity contribution in [2.75, 3.05) is 30.3 Å². The number of ether oxygens (including phenoxy) is 2. The molecule has 0 aromatic heterocycles. The van der Waals surface area contributed by atoms with Gasteiger partial charge in [-0.05, 0) is 91.2 Å². The summed E-state index contributed by atoms with van der Waals surface area (Å²) in [6.45, 7) is 5.40. The third kappa shape index (κ3) is 13.7. The summed E-state index contributed by atoms with van der Waals surface area (Å²) in [5.41, 5.74) is 4.09. The minimum absolute atomic E-state index is 0.135. The summed E-state index contributed by atoms with van der Waals surface area (Å²) in [6, 6.07) is 16.8. The summed E-state index contributed by atoms with van der Waals surface area (Å²) in [5.74, 6) is -2.17. The number of rotatable bonds is 15. The maximum absolute atomic E-state index is 11.9. The molecular formula is C35H33Cl6N3O7. The Morgan fingerprint density at radius 3 is 1.41 bits per heavy atom. The fraction of sp³-hybridized carbons (Fsp3) is 0.229. The van der Waals surface area contributed by atoms with Crippen LogP contribution in [0.1, 0.15) is 40.9 Å². The normalized spacial score (nSPS) is 10.4. The number of anilines is 2. The van der Waals surface area contributed by atoms with E-state index in [0.29, 0.717) is 21.4 Å². The molecule has 0 radical (unpaired) electrons. The van der Waals surface area contributed by atoms with E-state index in [1.54, 1.807) is 30.3 Å². The first kappa shape index (κ1) is 41.6. The molecule has 5 N–H and O–H groups in total. The van der Waals surface area contributed by atoms with Crippen LogP contribution in [0.15, 0.2) is 60.7 Å². The molecule has 0 aliphatic carbocycles. The van der Waals surface area contributed by atoms with Crippen LogP contribution >= 0.6 is 69.6 Å². The van der Waals surface area contributed by atoms with Crippen molar-refractivity contribution < 1.29 is 34.1 Å². The van der Waals surface area contributed by atoms with E-state index in [0.717, 1.165) is 35.6 Å². The molecule has 51 heavy (non-hydrogen) atoms. The van der Waals surface area contributed by atoms with Crippen molar-refractivity contribution in [1.82, 2.24) is 5.32 Å². The van der Waals surface area contributed by atoms with Crippen LogP contribution in [0.25, 0.3) is 0 Å². The Bertz CT molecular complexity index is 1830. The molecule has 0 unspecified atom stereocenters. The van der Waals surface area contributed by atoms with Crippen molar-refractivity contribution in [2.45, 2.75) is 33.5 Å². The zero-order valence-corrected chi connectivity index (χ0v) is 31.8. The lowest BCUT2D eigenvalue weighted by atomic mass is 10.1. The van der Waals surface area contributed by atoms with E-state index in [2.05, 4.69) is 16.0 Å². The molecule has 4 rings (SSSR count). The van der Waals surface area contributed by atoms with E-state index >= 15 is 0 Å². The van der Waals surface area contributed by atoms with Crippen LogP contribution in [0.5, 0.6) is 11.5 Å². The predicted octanol–water partition coefficient (Wildman–Crippen LogP) is 9.76. The van der Waals surface area contributed by atoms with Crippen molar-refractivity contribution in [3.05, 3.63) is 113 Å². The third-order valence-electron chi connectivity index (χ3n) is 6.52. The molecule has 4 aromatic rings. The van der Waals surface area contributed by atoms with Gasteiger partial charge >= 0.3 is 11.9 Å². The largest absolute Gasteiger partial charge is 0.486 e. The molecule has 0 saturated carbocycles. The van der Waals surface area contributed by atoms with Gasteiger partial charge in [-0.25, -0.2) is 0 Å². The standard InChI is InChI=1S/C18H17Cl3N2O4.C17H16Cl3NO3/c1-2-22-13-4-10(3-12(19)7-13)9-27-17-14(20)5-11(6-15(17)21)18(26)23-8-16(24)25;1-2-21-13-4-11(3-12(18)8-13)9-24-17-14(19)5-10(6-15(17)20)7-16(22)23/h3-7,22H,2,8-9H2,1H3,(H,23,26)(H,24,25);3-6,8,21H,2,7,9H2,1H3,(H,22,23). The summed E-state index contributed by atoms with van der Waals surface area (Å²) in [5, 5.41) is 28.0. The first-order chi connectivity index (χ1) is 24.2. The van der Waals surface area contributed by atoms with E-state index < -0.39 is 24.4 Å². The van der Waals surface area contributed by atoms with Gasteiger partial charge in [-0.2, -0.15) is 0 Å². The number of aliphatic carboxylic acids is 2. The lowest BCUT2D eigenvalue weighted by molar-refractivity contribution is -0.137. The first-order valence-electron chi connectivity index (χ1n) is 15.2. The number of benzene rings is 4. The van der Waals surface area contributed by atoms with E-state index in [1.807, 2.05) is 32.0 Å². The van der Waals surface area contributed by atoms with E-state index in [9.17, 15) is 14.4 Å². The fourth-order valence-corrected chi connectivity index (χ4v) is 6.26. The van der Waals surface area contributed by atoms with Gasteiger partial charge in [-0.15, -0.1) is 0 Å². The number of carbonyl (C=O) groups excluding carboxylic acids is 1. The van der Waals surface area contributed by atoms with Crippen molar-refractivity contribution in [2.24, 2.45) is 0 Å². The van der Waals surface area contributed by atoms with Crippen LogP contribution in [-0.4, -0.2) is 47.7 Å². The van der Waals surface area contributed by atoms with Crippen LogP contribution in [-0.2, 0) is 29.2 Å². The topological polar surface area (TPSA) is 146 Å². The minimum Gasteiger partial charge on any atom is -0.486 e. The quantitative estimate of drug-likeness (QED) is 0.0791. The molecule has 16 heteroatoms.